The van der Waals surface area contributed by atoms with E-state index in [-0.39, 0.29) is 51.7 Å². The minimum Gasteiger partial charge on any atom is -0.493 e. The number of rotatable bonds is 12. The van der Waals surface area contributed by atoms with Gasteiger partial charge in [-0.15, -0.1) is 0 Å². The van der Waals surface area contributed by atoms with Gasteiger partial charge >= 0.3 is 11.4 Å². The Hall–Kier alpha value is -8.94. The second kappa shape index (κ2) is 23.0. The first-order valence-electron chi connectivity index (χ1n) is 36.3. The predicted molar refractivity (Wildman–Crippen MR) is 381 cm³/mol. The number of methoxy groups -OCH3 is 3. The highest BCUT2D eigenvalue weighted by atomic mass is 16.7. The topological polar surface area (TPSA) is 270 Å². The molecule has 12 saturated carbocycles. The maximum atomic E-state index is 13.7. The summed E-state index contributed by atoms with van der Waals surface area (Å²) >= 11 is 0. The molecule has 23 rings (SSSR count). The molecule has 2 aromatic carbocycles. The number of nitrogens with zero attached hydrogens (tertiary/aromatic N) is 13. The van der Waals surface area contributed by atoms with Crippen molar-refractivity contribution < 1.29 is 33.6 Å². The number of pyridine rings is 1. The maximum Gasteiger partial charge on any atom is 0.330 e. The second-order valence-corrected chi connectivity index (χ2v) is 32.1. The number of aromatic nitrogens is 11. The van der Waals surface area contributed by atoms with Crippen molar-refractivity contribution in [2.75, 3.05) is 67.3 Å². The molecule has 25 nitrogen and oxygen atoms in total. The average Bonchev–Trinajstić information content (AvgIpc) is 1.56. The van der Waals surface area contributed by atoms with E-state index in [1.54, 1.807) is 56.1 Å². The number of Topliss-reactive ketones (excluding diaryl/α,β-unsaturated/α-hetero) is 1. The van der Waals surface area contributed by atoms with Gasteiger partial charge in [-0.25, -0.2) is 29.5 Å². The second-order valence-electron chi connectivity index (χ2n) is 32.1. The van der Waals surface area contributed by atoms with E-state index in [0.717, 1.165) is 189 Å². The smallest absolute Gasteiger partial charge is 0.330 e. The van der Waals surface area contributed by atoms with Crippen LogP contribution in [0.4, 0.5) is 46.4 Å². The van der Waals surface area contributed by atoms with Crippen LogP contribution in [0.5, 0.6) is 17.4 Å². The molecule has 12 bridgehead atoms. The lowest BCUT2D eigenvalue weighted by molar-refractivity contribution is -0.328. The number of hydrogen-bond donors (Lipinski definition) is 4. The molecule has 6 unspecified atom stereocenters. The minimum absolute atomic E-state index is 0.0234. The Morgan fingerprint density at radius 1 is 0.554 bits per heavy atom. The molecule has 12 aliphatic carbocycles. The summed E-state index contributed by atoms with van der Waals surface area (Å²) in [5, 5.41) is 21.4. The summed E-state index contributed by atoms with van der Waals surface area (Å²) in [6, 6.07) is 10.2. The van der Waals surface area contributed by atoms with E-state index >= 15 is 0 Å². The molecule has 528 valence electrons. The molecule has 4 N–H and O–H groups in total. The van der Waals surface area contributed by atoms with Gasteiger partial charge in [-0.1, -0.05) is 6.58 Å². The van der Waals surface area contributed by atoms with Crippen molar-refractivity contribution in [2.24, 2.45) is 61.4 Å². The van der Waals surface area contributed by atoms with Crippen LogP contribution in [-0.2, 0) is 52.3 Å². The highest BCUT2D eigenvalue weighted by Crippen LogP contribution is 2.65. The number of ketones is 1. The van der Waals surface area contributed by atoms with E-state index < -0.39 is 11.4 Å². The van der Waals surface area contributed by atoms with Crippen LogP contribution in [0.15, 0.2) is 77.1 Å². The molecule has 0 spiro atoms. The van der Waals surface area contributed by atoms with E-state index in [0.29, 0.717) is 71.1 Å². The van der Waals surface area contributed by atoms with Gasteiger partial charge in [0.1, 0.15) is 39.8 Å². The third-order valence-electron chi connectivity index (χ3n) is 26.0. The van der Waals surface area contributed by atoms with Crippen molar-refractivity contribution in [1.82, 2.24) is 53.2 Å². The maximum absolute atomic E-state index is 13.7. The predicted octanol–water partition coefficient (Wildman–Crippen LogP) is 10.6. The first-order valence-corrected chi connectivity index (χ1v) is 36.3. The quantitative estimate of drug-likeness (QED) is 0.0828. The van der Waals surface area contributed by atoms with Gasteiger partial charge in [0, 0.05) is 89.3 Å². The molecule has 25 heteroatoms. The van der Waals surface area contributed by atoms with Crippen LogP contribution in [0.2, 0.25) is 0 Å². The number of carbonyl (C=O) groups is 1. The van der Waals surface area contributed by atoms with Gasteiger partial charge in [-0.2, -0.15) is 15.0 Å². The number of aliphatic hydroxyl groups is 1. The molecule has 12 fully saturated rings. The molecule has 101 heavy (non-hydrogen) atoms. The molecule has 3 aliphatic heterocycles. The van der Waals surface area contributed by atoms with Crippen LogP contribution >= 0.6 is 0 Å². The average molecular weight is 1370 g/mol. The van der Waals surface area contributed by atoms with E-state index in [1.165, 1.54) is 17.5 Å². The Morgan fingerprint density at radius 2 is 1.05 bits per heavy atom. The molecular formula is C76H90N16O9. The molecule has 0 amide bonds. The molecular weight excluding hydrogens is 1280 g/mol. The van der Waals surface area contributed by atoms with Gasteiger partial charge in [0.25, 0.3) is 0 Å². The number of carbonyl (C=O) groups excluding carboxylic acids is 1. The van der Waals surface area contributed by atoms with Crippen LogP contribution in [0, 0.1) is 68.1 Å². The monoisotopic (exact) mass is 1370 g/mol. The summed E-state index contributed by atoms with van der Waals surface area (Å²) in [6.45, 7) is 11.9. The summed E-state index contributed by atoms with van der Waals surface area (Å²) in [5.41, 5.74) is 10.7. The number of fused-ring (bicyclic) bond motifs is 5. The Balaban J connectivity index is 0.000000109. The number of imidazole rings is 2. The van der Waals surface area contributed by atoms with E-state index in [9.17, 15) is 19.5 Å². The van der Waals surface area contributed by atoms with Gasteiger partial charge in [-0.05, 0) is 199 Å². The number of aryl methyl sites for hydroxylation is 5. The van der Waals surface area contributed by atoms with E-state index in [1.807, 2.05) is 55.4 Å². The van der Waals surface area contributed by atoms with Crippen molar-refractivity contribution in [3.8, 4) is 17.4 Å². The molecule has 0 radical (unpaired) electrons. The molecule has 0 saturated heterocycles. The van der Waals surface area contributed by atoms with Crippen LogP contribution < -0.4 is 51.3 Å². The first kappa shape index (κ1) is 64.2. The number of ether oxygens (including phenoxy) is 5. The Labute approximate surface area is 585 Å². The largest absolute Gasteiger partial charge is 0.493 e. The van der Waals surface area contributed by atoms with Gasteiger partial charge in [0.05, 0.1) is 73.0 Å². The zero-order chi connectivity index (χ0) is 69.6. The fourth-order valence-electron chi connectivity index (χ4n) is 22.3. The lowest BCUT2D eigenvalue weighted by atomic mass is 9.50. The van der Waals surface area contributed by atoms with Crippen LogP contribution in [0.25, 0.3) is 22.3 Å². The highest BCUT2D eigenvalue weighted by molar-refractivity contribution is 5.86. The normalized spacial score (nSPS) is 30.4. The lowest BCUT2D eigenvalue weighted by Crippen LogP contribution is -2.66. The summed E-state index contributed by atoms with van der Waals surface area (Å²) < 4.78 is 35.9. The molecule has 8 aromatic rings. The summed E-state index contributed by atoms with van der Waals surface area (Å²) in [4.78, 5) is 77.1. The summed E-state index contributed by atoms with van der Waals surface area (Å²) in [6.07, 6.45) is 24.3. The molecule has 6 atom stereocenters. The van der Waals surface area contributed by atoms with Gasteiger partial charge in [0.15, 0.2) is 22.9 Å². The molecule has 15 aliphatic rings. The van der Waals surface area contributed by atoms with Gasteiger partial charge < -0.3 is 54.5 Å². The minimum atomic E-state index is -0.550. The Bertz CT molecular complexity index is 4870. The highest BCUT2D eigenvalue weighted by Gasteiger charge is 2.66. The molecule has 9 heterocycles. The Kier molecular flexibility index (Phi) is 14.6. The van der Waals surface area contributed by atoms with Crippen LogP contribution in [0.3, 0.4) is 0 Å². The van der Waals surface area contributed by atoms with Crippen molar-refractivity contribution in [3.63, 3.8) is 0 Å². The molecule has 6 aromatic heterocycles. The number of nitrogens with one attached hydrogen (secondary N) is 3. The fraction of sp³-hybridized carbons (Fsp3) is 0.553. The number of anilines is 8. The zero-order valence-corrected chi connectivity index (χ0v) is 59.2. The van der Waals surface area contributed by atoms with E-state index in [4.69, 9.17) is 38.6 Å². The van der Waals surface area contributed by atoms with Gasteiger partial charge in [0.2, 0.25) is 23.7 Å². The summed E-state index contributed by atoms with van der Waals surface area (Å²) in [7, 11) is 10.8. The van der Waals surface area contributed by atoms with Crippen LogP contribution in [0.1, 0.15) is 131 Å². The van der Waals surface area contributed by atoms with Crippen molar-refractivity contribution >= 4 is 74.5 Å². The Morgan fingerprint density at radius 3 is 1.57 bits per heavy atom. The van der Waals surface area contributed by atoms with Crippen molar-refractivity contribution in [2.45, 2.75) is 164 Å². The van der Waals surface area contributed by atoms with E-state index in [2.05, 4.69) is 77.4 Å². The zero-order valence-electron chi connectivity index (χ0n) is 59.2. The number of benzene rings is 2. The standard InChI is InChI=1S/C27H33N5O4.C25H27N5O3.C24H30N6O2/c1-15-7-22-17(5-6-36-22)10-20(15)29-24-28-14-21-23(30-24)32(25(33)31(21)2)26-11-16-8-18(12-26)27(34-3,35-4)19(9-16)13-26;1-13-5-20-15(3-4-33-20)8-18(13)27-23-26-12-19-22(28-23)30(24(32)29(19)2)25-9-14-6-16(10-25)21(31)17(7-14)11-25;1-14-5-20(32-4)25-11-18(14)27-22-26-12-19-21(28-22)30(15(2)29(19)3)23-7-16-6-17(8-23)10-24(31,9-16)13-23/h7,10,14,16,18-19H,5-6,8-9,11-13H2,1-4H3,(H,28,29,30);5,8,12,14,16-17H,3-4,6-7,9-11H2,1-2H3,(H,26,27,28);5,11-12,16-17,31H,2,6-10,13H2,1,3-4H3,(H,26,27,28). The van der Waals surface area contributed by atoms with Gasteiger partial charge in [-0.3, -0.25) is 23.1 Å². The van der Waals surface area contributed by atoms with Crippen molar-refractivity contribution in [3.05, 3.63) is 116 Å². The lowest BCUT2D eigenvalue weighted by Gasteiger charge is -2.63. The first-order chi connectivity index (χ1) is 48.6. The third-order valence-corrected chi connectivity index (χ3v) is 26.0. The SMILES string of the molecule is C=C1N(C)c2cnc(Nc3cnc(OC)cc3C)nc2N1C12CC3CC(CC(O)(C3)C1)C2.COC1(OC)C2CC3CC1CC(n1c(=O)n(C)c4cnc(Nc5cc6c(cc5C)OCC6)nc41)(C3)C2.Cc1cc2c(cc1Nc1ncc3c(n1)n(C14CC5CC(C1)C(=O)C(C5)C4)c(=O)n3C)CCO2. The van der Waals surface area contributed by atoms with Crippen LogP contribution in [-0.4, -0.2) is 123 Å². The van der Waals surface area contributed by atoms with Crippen molar-refractivity contribution in [1.29, 1.82) is 0 Å². The fourth-order valence-corrected chi connectivity index (χ4v) is 22.3. The summed E-state index contributed by atoms with van der Waals surface area (Å²) in [5.74, 6) is 8.59. The number of hydrogen-bond acceptors (Lipinski definition) is 21. The third kappa shape index (κ3) is 9.98.